The molecule has 1 aliphatic rings. The monoisotopic (exact) mass is 279 g/mol. The highest BCUT2D eigenvalue weighted by atomic mass is 32.1. The Kier molecular flexibility index (Phi) is 3.63. The Bertz CT molecular complexity index is 552. The molecule has 1 aliphatic heterocycles. The summed E-state index contributed by atoms with van der Waals surface area (Å²) >= 11 is 1.65. The zero-order valence-electron chi connectivity index (χ0n) is 11.0. The molecule has 2 aromatic heterocycles. The first kappa shape index (κ1) is 12.8. The van der Waals surface area contributed by atoms with E-state index in [-0.39, 0.29) is 12.0 Å². The van der Waals surface area contributed by atoms with Crippen LogP contribution in [0.3, 0.4) is 0 Å². The average molecular weight is 279 g/mol. The van der Waals surface area contributed by atoms with Gasteiger partial charge in [0.2, 0.25) is 11.7 Å². The van der Waals surface area contributed by atoms with Crippen LogP contribution in [0.2, 0.25) is 0 Å². The standard InChI is InChI=1S/C13H17N3O2S/c1-3-14-11-5-17-4-9(11)13-15-12(16-18-13)10-7-19-6-8(10)2/h6-7,9,11,14H,3-5H2,1-2H3. The van der Waals surface area contributed by atoms with Crippen molar-refractivity contribution >= 4 is 11.3 Å². The lowest BCUT2D eigenvalue weighted by Gasteiger charge is -2.13. The van der Waals surface area contributed by atoms with Gasteiger partial charge in [0.25, 0.3) is 0 Å². The van der Waals surface area contributed by atoms with E-state index < -0.39 is 0 Å². The van der Waals surface area contributed by atoms with Crippen LogP contribution in [0.25, 0.3) is 11.4 Å². The van der Waals surface area contributed by atoms with E-state index in [1.54, 1.807) is 11.3 Å². The summed E-state index contributed by atoms with van der Waals surface area (Å²) in [4.78, 5) is 4.54. The number of likely N-dealkylation sites (N-methyl/N-ethyl adjacent to an activating group) is 1. The van der Waals surface area contributed by atoms with E-state index in [1.165, 1.54) is 5.56 Å². The third kappa shape index (κ3) is 2.43. The SMILES string of the molecule is CCNC1COCC1c1nc(-c2cscc2C)no1. The average Bonchev–Trinajstić information content (AvgIpc) is 3.08. The van der Waals surface area contributed by atoms with Gasteiger partial charge >= 0.3 is 0 Å². The maximum atomic E-state index is 5.51. The maximum Gasteiger partial charge on any atom is 0.234 e. The Morgan fingerprint density at radius 1 is 1.42 bits per heavy atom. The van der Waals surface area contributed by atoms with Crippen LogP contribution in [0.4, 0.5) is 0 Å². The number of hydrogen-bond donors (Lipinski definition) is 1. The van der Waals surface area contributed by atoms with Crippen molar-refractivity contribution in [1.29, 1.82) is 0 Å². The molecule has 2 aromatic rings. The lowest BCUT2D eigenvalue weighted by atomic mass is 10.0. The van der Waals surface area contributed by atoms with Gasteiger partial charge in [-0.3, -0.25) is 0 Å². The minimum absolute atomic E-state index is 0.153. The molecule has 2 unspecified atom stereocenters. The molecule has 0 saturated carbocycles. The van der Waals surface area contributed by atoms with Crippen molar-refractivity contribution in [3.63, 3.8) is 0 Å². The number of thiophene rings is 1. The number of rotatable bonds is 4. The summed E-state index contributed by atoms with van der Waals surface area (Å²) in [5, 5.41) is 11.6. The summed E-state index contributed by atoms with van der Waals surface area (Å²) in [6.45, 7) is 6.40. The topological polar surface area (TPSA) is 60.2 Å². The van der Waals surface area contributed by atoms with E-state index in [4.69, 9.17) is 9.26 Å². The summed E-state index contributed by atoms with van der Waals surface area (Å²) in [5.41, 5.74) is 2.24. The predicted molar refractivity (Wildman–Crippen MR) is 73.4 cm³/mol. The van der Waals surface area contributed by atoms with E-state index in [9.17, 15) is 0 Å². The third-order valence-corrected chi connectivity index (χ3v) is 4.26. The zero-order chi connectivity index (χ0) is 13.2. The minimum Gasteiger partial charge on any atom is -0.379 e. The Hall–Kier alpha value is -1.24. The zero-order valence-corrected chi connectivity index (χ0v) is 11.9. The fourth-order valence-electron chi connectivity index (χ4n) is 2.35. The van der Waals surface area contributed by atoms with Gasteiger partial charge < -0.3 is 14.6 Å². The van der Waals surface area contributed by atoms with Crippen LogP contribution in [-0.4, -0.2) is 35.9 Å². The summed E-state index contributed by atoms with van der Waals surface area (Å²) in [6, 6.07) is 0.266. The van der Waals surface area contributed by atoms with Crippen LogP contribution >= 0.6 is 11.3 Å². The van der Waals surface area contributed by atoms with E-state index in [0.717, 1.165) is 12.1 Å². The van der Waals surface area contributed by atoms with Gasteiger partial charge in [-0.15, -0.1) is 0 Å². The minimum atomic E-state index is 0.153. The van der Waals surface area contributed by atoms with Crippen molar-refractivity contribution in [2.45, 2.75) is 25.8 Å². The normalized spacial score (nSPS) is 23.1. The fourth-order valence-corrected chi connectivity index (χ4v) is 3.17. The Morgan fingerprint density at radius 3 is 3.05 bits per heavy atom. The van der Waals surface area contributed by atoms with Crippen molar-refractivity contribution in [1.82, 2.24) is 15.5 Å². The molecule has 3 rings (SSSR count). The summed E-state index contributed by atoms with van der Waals surface area (Å²) in [7, 11) is 0. The summed E-state index contributed by atoms with van der Waals surface area (Å²) in [5.74, 6) is 1.50. The lowest BCUT2D eigenvalue weighted by molar-refractivity contribution is 0.185. The molecule has 102 valence electrons. The number of aryl methyl sites for hydroxylation is 1. The second-order valence-corrected chi connectivity index (χ2v) is 5.48. The van der Waals surface area contributed by atoms with E-state index in [0.29, 0.717) is 24.9 Å². The van der Waals surface area contributed by atoms with Gasteiger partial charge in [-0.1, -0.05) is 12.1 Å². The van der Waals surface area contributed by atoms with Crippen LogP contribution in [0, 0.1) is 6.92 Å². The molecule has 0 amide bonds. The molecule has 2 atom stereocenters. The maximum absolute atomic E-state index is 5.51. The molecular formula is C13H17N3O2S. The smallest absolute Gasteiger partial charge is 0.234 e. The first-order chi connectivity index (χ1) is 9.29. The number of aromatic nitrogens is 2. The molecule has 19 heavy (non-hydrogen) atoms. The van der Waals surface area contributed by atoms with Crippen LogP contribution in [-0.2, 0) is 4.74 Å². The van der Waals surface area contributed by atoms with E-state index in [2.05, 4.69) is 40.1 Å². The molecule has 5 nitrogen and oxygen atoms in total. The van der Waals surface area contributed by atoms with E-state index in [1.807, 2.05) is 0 Å². The molecular weight excluding hydrogens is 262 g/mol. The number of hydrogen-bond acceptors (Lipinski definition) is 6. The molecule has 1 fully saturated rings. The quantitative estimate of drug-likeness (QED) is 0.929. The van der Waals surface area contributed by atoms with Gasteiger partial charge in [-0.05, 0) is 24.4 Å². The largest absolute Gasteiger partial charge is 0.379 e. The molecule has 3 heterocycles. The van der Waals surface area contributed by atoms with Gasteiger partial charge in [-0.25, -0.2) is 0 Å². The van der Waals surface area contributed by atoms with Gasteiger partial charge in [0.05, 0.1) is 19.1 Å². The van der Waals surface area contributed by atoms with Gasteiger partial charge in [0, 0.05) is 17.0 Å². The second-order valence-electron chi connectivity index (χ2n) is 4.73. The number of ether oxygens (including phenoxy) is 1. The van der Waals surface area contributed by atoms with Crippen LogP contribution in [0.15, 0.2) is 15.3 Å². The van der Waals surface area contributed by atoms with Crippen molar-refractivity contribution in [2.24, 2.45) is 0 Å². The molecule has 0 aliphatic carbocycles. The van der Waals surface area contributed by atoms with Gasteiger partial charge in [0.1, 0.15) is 0 Å². The first-order valence-electron chi connectivity index (χ1n) is 6.47. The summed E-state index contributed by atoms with van der Waals surface area (Å²) in [6.07, 6.45) is 0. The highest BCUT2D eigenvalue weighted by Gasteiger charge is 2.33. The Morgan fingerprint density at radius 2 is 2.32 bits per heavy atom. The fraction of sp³-hybridized carbons (Fsp3) is 0.538. The molecule has 0 bridgehead atoms. The molecule has 0 spiro atoms. The summed E-state index contributed by atoms with van der Waals surface area (Å²) < 4.78 is 10.9. The highest BCUT2D eigenvalue weighted by Crippen LogP contribution is 2.29. The molecule has 1 saturated heterocycles. The van der Waals surface area contributed by atoms with Crippen LogP contribution < -0.4 is 5.32 Å². The molecule has 0 radical (unpaired) electrons. The molecule has 1 N–H and O–H groups in total. The van der Waals surface area contributed by atoms with Crippen molar-refractivity contribution in [3.05, 3.63) is 22.2 Å². The van der Waals surface area contributed by atoms with Gasteiger partial charge in [0.15, 0.2) is 0 Å². The van der Waals surface area contributed by atoms with Gasteiger partial charge in [-0.2, -0.15) is 16.3 Å². The van der Waals surface area contributed by atoms with Crippen LogP contribution in [0.1, 0.15) is 24.3 Å². The predicted octanol–water partition coefficient (Wildman–Crippen LogP) is 2.20. The number of nitrogens with one attached hydrogen (secondary N) is 1. The first-order valence-corrected chi connectivity index (χ1v) is 7.41. The van der Waals surface area contributed by atoms with Crippen molar-refractivity contribution in [2.75, 3.05) is 19.8 Å². The Labute approximate surface area is 116 Å². The second kappa shape index (κ2) is 5.40. The van der Waals surface area contributed by atoms with E-state index >= 15 is 0 Å². The lowest BCUT2D eigenvalue weighted by Crippen LogP contribution is -2.34. The third-order valence-electron chi connectivity index (χ3n) is 3.40. The van der Waals surface area contributed by atoms with Crippen molar-refractivity contribution in [3.8, 4) is 11.4 Å². The molecule has 6 heteroatoms. The molecule has 0 aromatic carbocycles. The van der Waals surface area contributed by atoms with Crippen molar-refractivity contribution < 1.29 is 9.26 Å². The number of nitrogens with zero attached hydrogens (tertiary/aromatic N) is 2. The van der Waals surface area contributed by atoms with Crippen LogP contribution in [0.5, 0.6) is 0 Å². The Balaban J connectivity index is 1.83. The highest BCUT2D eigenvalue weighted by molar-refractivity contribution is 7.08.